The van der Waals surface area contributed by atoms with Crippen LogP contribution in [0.3, 0.4) is 0 Å². The summed E-state index contributed by atoms with van der Waals surface area (Å²) in [5.74, 6) is -0.125. The van der Waals surface area contributed by atoms with E-state index in [1.165, 1.54) is 0 Å². The van der Waals surface area contributed by atoms with Crippen molar-refractivity contribution in [3.05, 3.63) is 100 Å². The van der Waals surface area contributed by atoms with E-state index in [2.05, 4.69) is 31.7 Å². The number of hydrogen-bond acceptors (Lipinski definition) is 2. The normalized spacial score (nSPS) is 12.9. The maximum absolute atomic E-state index is 12.8. The Labute approximate surface area is 179 Å². The predicted octanol–water partition coefficient (Wildman–Crippen LogP) is 5.35. The van der Waals surface area contributed by atoms with Crippen LogP contribution in [-0.2, 0) is 10.0 Å². The lowest BCUT2D eigenvalue weighted by Gasteiger charge is -2.18. The van der Waals surface area contributed by atoms with Crippen LogP contribution in [0.4, 0.5) is 0 Å². The van der Waals surface area contributed by atoms with Gasteiger partial charge in [0.15, 0.2) is 0 Å². The van der Waals surface area contributed by atoms with Gasteiger partial charge in [-0.25, -0.2) is 13.1 Å². The number of hydrogen-bond donors (Lipinski definition) is 2. The summed E-state index contributed by atoms with van der Waals surface area (Å²) in [6.07, 6.45) is 1.97. The van der Waals surface area contributed by atoms with Gasteiger partial charge in [-0.05, 0) is 48.4 Å². The second kappa shape index (κ2) is 8.14. The first-order valence-electron chi connectivity index (χ1n) is 9.32. The van der Waals surface area contributed by atoms with Gasteiger partial charge in [-0.2, -0.15) is 0 Å². The zero-order valence-electron chi connectivity index (χ0n) is 15.9. The number of benzene rings is 3. The molecule has 4 nitrogen and oxygen atoms in total. The molecule has 3 aromatic carbocycles. The molecule has 0 aliphatic rings. The summed E-state index contributed by atoms with van der Waals surface area (Å²) in [4.78, 5) is 3.58. The molecule has 1 unspecified atom stereocenters. The Balaban J connectivity index is 1.70. The van der Waals surface area contributed by atoms with Crippen LogP contribution >= 0.6 is 15.9 Å². The molecular formula is C23H21BrN2O2S. The van der Waals surface area contributed by atoms with Gasteiger partial charge in [0.05, 0.1) is 4.90 Å². The Bertz CT molecular complexity index is 1230. The molecule has 0 saturated carbocycles. The average Bonchev–Trinajstić information content (AvgIpc) is 3.12. The van der Waals surface area contributed by atoms with Gasteiger partial charge in [0.25, 0.3) is 0 Å². The highest BCUT2D eigenvalue weighted by Crippen LogP contribution is 2.32. The number of rotatable bonds is 6. The van der Waals surface area contributed by atoms with E-state index in [4.69, 9.17) is 0 Å². The van der Waals surface area contributed by atoms with Gasteiger partial charge < -0.3 is 4.98 Å². The van der Waals surface area contributed by atoms with Crippen molar-refractivity contribution in [1.29, 1.82) is 0 Å². The van der Waals surface area contributed by atoms with Gasteiger partial charge >= 0.3 is 0 Å². The molecule has 2 N–H and O–H groups in total. The zero-order valence-corrected chi connectivity index (χ0v) is 18.3. The lowest BCUT2D eigenvalue weighted by Crippen LogP contribution is -2.29. The molecule has 29 heavy (non-hydrogen) atoms. The molecule has 6 heteroatoms. The van der Waals surface area contributed by atoms with Crippen LogP contribution < -0.4 is 4.72 Å². The first kappa shape index (κ1) is 19.9. The second-order valence-corrected chi connectivity index (χ2v) is 9.74. The third-order valence-corrected chi connectivity index (χ3v) is 6.99. The Morgan fingerprint density at radius 1 is 1.00 bits per heavy atom. The van der Waals surface area contributed by atoms with Gasteiger partial charge in [-0.1, -0.05) is 64.0 Å². The van der Waals surface area contributed by atoms with Crippen LogP contribution in [0.2, 0.25) is 0 Å². The van der Waals surface area contributed by atoms with E-state index in [9.17, 15) is 8.42 Å². The summed E-state index contributed by atoms with van der Waals surface area (Å²) in [6, 6.07) is 22.9. The molecule has 0 fully saturated rings. The number of aromatic nitrogens is 1. The number of sulfonamides is 1. The molecule has 0 radical (unpaired) electrons. The first-order valence-corrected chi connectivity index (χ1v) is 11.6. The van der Waals surface area contributed by atoms with Crippen LogP contribution in [0.15, 0.2) is 88.4 Å². The summed E-state index contributed by atoms with van der Waals surface area (Å²) in [7, 11) is -3.60. The number of nitrogens with one attached hydrogen (secondary N) is 2. The van der Waals surface area contributed by atoms with E-state index in [0.29, 0.717) is 0 Å². The van der Waals surface area contributed by atoms with Crippen molar-refractivity contribution in [3.63, 3.8) is 0 Å². The number of aromatic amines is 1. The third kappa shape index (κ3) is 4.29. The molecule has 1 atom stereocenters. The fourth-order valence-corrected chi connectivity index (χ4v) is 4.90. The van der Waals surface area contributed by atoms with Crippen molar-refractivity contribution in [2.75, 3.05) is 6.54 Å². The fraction of sp³-hybridized carbons (Fsp3) is 0.130. The number of fused-ring (bicyclic) bond motifs is 1. The number of H-pyrrole nitrogens is 1. The van der Waals surface area contributed by atoms with E-state index in [1.54, 1.807) is 24.3 Å². The molecule has 1 aromatic heterocycles. The van der Waals surface area contributed by atoms with Crippen LogP contribution in [-0.4, -0.2) is 19.9 Å². The van der Waals surface area contributed by atoms with E-state index >= 15 is 0 Å². The van der Waals surface area contributed by atoms with Gasteiger partial charge in [0.1, 0.15) is 0 Å². The Morgan fingerprint density at radius 2 is 1.72 bits per heavy atom. The third-order valence-electron chi connectivity index (χ3n) is 5.06. The van der Waals surface area contributed by atoms with E-state index in [0.717, 1.165) is 32.1 Å². The summed E-state index contributed by atoms with van der Waals surface area (Å²) >= 11 is 3.54. The molecule has 0 spiro atoms. The molecule has 0 aliphatic carbocycles. The highest BCUT2D eigenvalue weighted by molar-refractivity contribution is 9.10. The number of halogens is 1. The maximum Gasteiger partial charge on any atom is 0.240 e. The second-order valence-electron chi connectivity index (χ2n) is 7.06. The van der Waals surface area contributed by atoms with Gasteiger partial charge in [0.2, 0.25) is 10.0 Å². The van der Waals surface area contributed by atoms with Crippen LogP contribution in [0, 0.1) is 6.92 Å². The van der Waals surface area contributed by atoms with Crippen LogP contribution in [0.1, 0.15) is 22.6 Å². The van der Waals surface area contributed by atoms with Crippen LogP contribution in [0.25, 0.3) is 10.9 Å². The maximum atomic E-state index is 12.8. The van der Waals surface area contributed by atoms with Crippen molar-refractivity contribution in [2.45, 2.75) is 17.7 Å². The first-order chi connectivity index (χ1) is 13.9. The minimum absolute atomic E-state index is 0.125. The highest BCUT2D eigenvalue weighted by Gasteiger charge is 2.22. The molecular weight excluding hydrogens is 448 g/mol. The summed E-state index contributed by atoms with van der Waals surface area (Å²) < 4.78 is 29.5. The Kier molecular flexibility index (Phi) is 5.58. The monoisotopic (exact) mass is 468 g/mol. The molecule has 0 aliphatic heterocycles. The molecule has 148 valence electrons. The van der Waals surface area contributed by atoms with Gasteiger partial charge in [-0.15, -0.1) is 0 Å². The van der Waals surface area contributed by atoms with Crippen molar-refractivity contribution < 1.29 is 8.42 Å². The van der Waals surface area contributed by atoms with Crippen molar-refractivity contribution in [3.8, 4) is 0 Å². The summed E-state index contributed by atoms with van der Waals surface area (Å²) in [6.45, 7) is 2.20. The quantitative estimate of drug-likeness (QED) is 0.400. The van der Waals surface area contributed by atoms with Crippen molar-refractivity contribution in [2.24, 2.45) is 0 Å². The minimum Gasteiger partial charge on any atom is -0.361 e. The minimum atomic E-state index is -3.60. The molecule has 0 amide bonds. The largest absolute Gasteiger partial charge is 0.361 e. The van der Waals surface area contributed by atoms with Crippen LogP contribution in [0.5, 0.6) is 0 Å². The Hall–Kier alpha value is -2.41. The highest BCUT2D eigenvalue weighted by atomic mass is 79.9. The lowest BCUT2D eigenvalue weighted by molar-refractivity contribution is 0.577. The smallest absolute Gasteiger partial charge is 0.240 e. The van der Waals surface area contributed by atoms with Gasteiger partial charge in [-0.3, -0.25) is 0 Å². The molecule has 1 heterocycles. The average molecular weight is 469 g/mol. The van der Waals surface area contributed by atoms with Crippen molar-refractivity contribution >= 4 is 36.9 Å². The number of aryl methyl sites for hydroxylation is 1. The summed E-state index contributed by atoms with van der Waals surface area (Å²) in [5, 5.41) is 1.07. The molecule has 4 aromatic rings. The standard InChI is InChI=1S/C23H21BrN2O2S/c1-16-7-10-19(11-8-16)29(27,28)26-15-21(17-5-3-2-4-6-17)22-14-25-23-12-9-18(24)13-20(22)23/h2-14,21,25-26H,15H2,1H3. The van der Waals surface area contributed by atoms with E-state index < -0.39 is 10.0 Å². The van der Waals surface area contributed by atoms with E-state index in [1.807, 2.05) is 55.6 Å². The lowest BCUT2D eigenvalue weighted by atomic mass is 9.91. The predicted molar refractivity (Wildman–Crippen MR) is 121 cm³/mol. The van der Waals surface area contributed by atoms with Gasteiger partial charge in [0, 0.05) is 34.0 Å². The molecule has 4 rings (SSSR count). The van der Waals surface area contributed by atoms with Crippen molar-refractivity contribution in [1.82, 2.24) is 9.71 Å². The molecule has 0 bridgehead atoms. The summed E-state index contributed by atoms with van der Waals surface area (Å²) in [5.41, 5.74) is 4.15. The Morgan fingerprint density at radius 3 is 2.45 bits per heavy atom. The topological polar surface area (TPSA) is 62.0 Å². The SMILES string of the molecule is Cc1ccc(S(=O)(=O)NCC(c2ccccc2)c2c[nH]c3ccc(Br)cc23)cc1. The zero-order chi connectivity index (χ0) is 20.4. The van der Waals surface area contributed by atoms with E-state index in [-0.39, 0.29) is 17.4 Å². The molecule has 0 saturated heterocycles. The fourth-order valence-electron chi connectivity index (χ4n) is 3.49.